The number of rotatable bonds is 4. The number of nitrogens with one attached hydrogen (secondary N) is 2. The fourth-order valence-corrected chi connectivity index (χ4v) is 3.24. The van der Waals surface area contributed by atoms with Crippen LogP contribution in [0.3, 0.4) is 0 Å². The highest BCUT2D eigenvalue weighted by molar-refractivity contribution is 5.99. The van der Waals surface area contributed by atoms with Crippen LogP contribution in [0.15, 0.2) is 22.6 Å². The van der Waals surface area contributed by atoms with E-state index in [9.17, 15) is 4.79 Å². The molecule has 6 heteroatoms. The van der Waals surface area contributed by atoms with Gasteiger partial charge in [-0.2, -0.15) is 0 Å². The first kappa shape index (κ1) is 16.3. The van der Waals surface area contributed by atoms with Gasteiger partial charge in [-0.15, -0.1) is 12.4 Å². The first-order valence-corrected chi connectivity index (χ1v) is 8.17. The second kappa shape index (κ2) is 6.13. The number of amides is 1. The molecule has 1 aliphatic carbocycles. The smallest absolute Gasteiger partial charge is 0.244 e. The first-order chi connectivity index (χ1) is 10.7. The number of nitrogens with zero attached hydrogens (tertiary/aromatic N) is 1. The van der Waals surface area contributed by atoms with Crippen LogP contribution in [0, 0.1) is 0 Å². The van der Waals surface area contributed by atoms with Gasteiger partial charge in [0.15, 0.2) is 11.5 Å². The van der Waals surface area contributed by atoms with E-state index in [4.69, 9.17) is 4.42 Å². The molecule has 1 saturated carbocycles. The normalized spacial score (nSPS) is 23.7. The van der Waals surface area contributed by atoms with Crippen molar-refractivity contribution in [2.75, 3.05) is 11.9 Å². The van der Waals surface area contributed by atoms with E-state index >= 15 is 0 Å². The highest BCUT2D eigenvalue weighted by Crippen LogP contribution is 2.40. The number of fused-ring (bicyclic) bond motifs is 1. The standard InChI is InChI=1S/C17H21N3O2.ClH/c1-2-17(8-3-9-18-17)16(21)19-12-6-7-14-13(10-12)20-15(22-14)11-4-5-11;/h6-7,10-11,18H,2-5,8-9H2,1H3,(H,19,21);1H. The second-order valence-electron chi connectivity index (χ2n) is 6.43. The first-order valence-electron chi connectivity index (χ1n) is 8.17. The number of oxazole rings is 1. The molecule has 1 aliphatic heterocycles. The number of carbonyl (C=O) groups excluding carboxylic acids is 1. The molecule has 1 unspecified atom stereocenters. The molecule has 1 amide bonds. The Bertz CT molecular complexity index is 718. The van der Waals surface area contributed by atoms with Crippen molar-refractivity contribution in [3.8, 4) is 0 Å². The van der Waals surface area contributed by atoms with Gasteiger partial charge in [0.1, 0.15) is 5.52 Å². The lowest BCUT2D eigenvalue weighted by Crippen LogP contribution is -2.50. The third-order valence-corrected chi connectivity index (χ3v) is 4.87. The van der Waals surface area contributed by atoms with Crippen LogP contribution in [0.1, 0.15) is 50.8 Å². The van der Waals surface area contributed by atoms with Crippen molar-refractivity contribution >= 4 is 35.1 Å². The van der Waals surface area contributed by atoms with Crippen LogP contribution in [0.5, 0.6) is 0 Å². The van der Waals surface area contributed by atoms with Gasteiger partial charge in [-0.1, -0.05) is 6.92 Å². The SMILES string of the molecule is CCC1(C(=O)Nc2ccc3oc(C4CC4)nc3c2)CCCN1.Cl. The van der Waals surface area contributed by atoms with Gasteiger partial charge >= 0.3 is 0 Å². The summed E-state index contributed by atoms with van der Waals surface area (Å²) in [6.07, 6.45) is 5.08. The molecule has 1 aromatic heterocycles. The fourth-order valence-electron chi connectivity index (χ4n) is 3.24. The van der Waals surface area contributed by atoms with Gasteiger partial charge in [-0.05, 0) is 56.8 Å². The van der Waals surface area contributed by atoms with Gasteiger partial charge in [-0.3, -0.25) is 4.79 Å². The third kappa shape index (κ3) is 2.95. The van der Waals surface area contributed by atoms with E-state index in [1.54, 1.807) is 0 Å². The number of aromatic nitrogens is 1. The van der Waals surface area contributed by atoms with E-state index in [1.165, 1.54) is 12.8 Å². The summed E-state index contributed by atoms with van der Waals surface area (Å²) in [7, 11) is 0. The number of hydrogen-bond donors (Lipinski definition) is 2. The summed E-state index contributed by atoms with van der Waals surface area (Å²) in [5.74, 6) is 1.38. The molecular weight excluding hydrogens is 314 g/mol. The Morgan fingerprint density at radius 3 is 2.96 bits per heavy atom. The van der Waals surface area contributed by atoms with Crippen LogP contribution in [0.4, 0.5) is 5.69 Å². The molecule has 0 bridgehead atoms. The summed E-state index contributed by atoms with van der Waals surface area (Å²) in [5, 5.41) is 6.40. The van der Waals surface area contributed by atoms with E-state index in [0.717, 1.165) is 48.5 Å². The van der Waals surface area contributed by atoms with Crippen LogP contribution < -0.4 is 10.6 Å². The Hall–Kier alpha value is -1.59. The summed E-state index contributed by atoms with van der Waals surface area (Å²) >= 11 is 0. The topological polar surface area (TPSA) is 67.2 Å². The second-order valence-corrected chi connectivity index (χ2v) is 6.43. The fraction of sp³-hybridized carbons (Fsp3) is 0.529. The zero-order valence-corrected chi connectivity index (χ0v) is 14.0. The van der Waals surface area contributed by atoms with Gasteiger partial charge in [0.05, 0.1) is 5.54 Å². The quantitative estimate of drug-likeness (QED) is 0.895. The average Bonchev–Trinajstić information content (AvgIpc) is 3.11. The molecule has 0 spiro atoms. The van der Waals surface area contributed by atoms with E-state index in [-0.39, 0.29) is 18.3 Å². The van der Waals surface area contributed by atoms with Gasteiger partial charge in [-0.25, -0.2) is 4.98 Å². The molecule has 2 fully saturated rings. The number of benzene rings is 1. The largest absolute Gasteiger partial charge is 0.440 e. The summed E-state index contributed by atoms with van der Waals surface area (Å²) < 4.78 is 5.76. The highest BCUT2D eigenvalue weighted by Gasteiger charge is 2.39. The Labute approximate surface area is 141 Å². The number of carbonyl (C=O) groups is 1. The van der Waals surface area contributed by atoms with Crippen LogP contribution in [0.25, 0.3) is 11.1 Å². The minimum Gasteiger partial charge on any atom is -0.440 e. The van der Waals surface area contributed by atoms with Crippen molar-refractivity contribution in [1.29, 1.82) is 0 Å². The maximum atomic E-state index is 12.6. The average molecular weight is 336 g/mol. The predicted octanol–water partition coefficient (Wildman–Crippen LogP) is 3.60. The molecule has 124 valence electrons. The lowest BCUT2D eigenvalue weighted by atomic mass is 9.93. The van der Waals surface area contributed by atoms with Crippen LogP contribution in [0.2, 0.25) is 0 Å². The molecule has 2 aromatic rings. The lowest BCUT2D eigenvalue weighted by molar-refractivity contribution is -0.122. The number of anilines is 1. The molecule has 5 nitrogen and oxygen atoms in total. The number of hydrogen-bond acceptors (Lipinski definition) is 4. The van der Waals surface area contributed by atoms with E-state index in [1.807, 2.05) is 18.2 Å². The van der Waals surface area contributed by atoms with Crippen molar-refractivity contribution in [2.45, 2.75) is 50.5 Å². The third-order valence-electron chi connectivity index (χ3n) is 4.87. The summed E-state index contributed by atoms with van der Waals surface area (Å²) in [4.78, 5) is 17.2. The van der Waals surface area contributed by atoms with E-state index in [2.05, 4.69) is 22.5 Å². The molecule has 1 saturated heterocycles. The van der Waals surface area contributed by atoms with Crippen molar-refractivity contribution in [3.63, 3.8) is 0 Å². The molecule has 1 atom stereocenters. The summed E-state index contributed by atoms with van der Waals surface area (Å²) in [6.45, 7) is 2.97. The predicted molar refractivity (Wildman–Crippen MR) is 92.1 cm³/mol. The zero-order chi connectivity index (χ0) is 15.2. The highest BCUT2D eigenvalue weighted by atomic mass is 35.5. The Morgan fingerprint density at radius 1 is 1.48 bits per heavy atom. The molecule has 0 radical (unpaired) electrons. The van der Waals surface area contributed by atoms with Crippen molar-refractivity contribution in [1.82, 2.24) is 10.3 Å². The minimum atomic E-state index is -0.419. The number of halogens is 1. The van der Waals surface area contributed by atoms with Crippen molar-refractivity contribution in [2.24, 2.45) is 0 Å². The molecular formula is C17H22ClN3O2. The molecule has 1 aromatic carbocycles. The van der Waals surface area contributed by atoms with Crippen molar-refractivity contribution in [3.05, 3.63) is 24.1 Å². The molecule has 4 rings (SSSR count). The van der Waals surface area contributed by atoms with Crippen molar-refractivity contribution < 1.29 is 9.21 Å². The Kier molecular flexibility index (Phi) is 4.34. The van der Waals surface area contributed by atoms with Crippen LogP contribution in [-0.2, 0) is 4.79 Å². The van der Waals surface area contributed by atoms with Gasteiger partial charge < -0.3 is 15.1 Å². The lowest BCUT2D eigenvalue weighted by Gasteiger charge is -2.26. The van der Waals surface area contributed by atoms with E-state index < -0.39 is 5.54 Å². The Balaban J connectivity index is 0.00000156. The maximum Gasteiger partial charge on any atom is 0.244 e. The van der Waals surface area contributed by atoms with Gasteiger partial charge in [0, 0.05) is 11.6 Å². The maximum absolute atomic E-state index is 12.6. The zero-order valence-electron chi connectivity index (χ0n) is 13.2. The van der Waals surface area contributed by atoms with E-state index in [0.29, 0.717) is 5.92 Å². The summed E-state index contributed by atoms with van der Waals surface area (Å²) in [5.41, 5.74) is 1.99. The molecule has 2 N–H and O–H groups in total. The molecule has 2 heterocycles. The molecule has 23 heavy (non-hydrogen) atoms. The molecule has 2 aliphatic rings. The van der Waals surface area contributed by atoms with Crippen LogP contribution in [-0.4, -0.2) is 23.0 Å². The van der Waals surface area contributed by atoms with Gasteiger partial charge in [0.2, 0.25) is 5.91 Å². The minimum absolute atomic E-state index is 0. The monoisotopic (exact) mass is 335 g/mol. The Morgan fingerprint density at radius 2 is 2.30 bits per heavy atom. The van der Waals surface area contributed by atoms with Gasteiger partial charge in [0.25, 0.3) is 0 Å². The summed E-state index contributed by atoms with van der Waals surface area (Å²) in [6, 6.07) is 5.69. The van der Waals surface area contributed by atoms with Crippen LogP contribution >= 0.6 is 12.4 Å².